The largest absolute Gasteiger partial charge is 0.481 e. The van der Waals surface area contributed by atoms with Crippen molar-refractivity contribution < 1.29 is 59.9 Å². The monoisotopic (exact) mass is 2140 g/mol. The predicted molar refractivity (Wildman–Crippen MR) is 597 cm³/mol. The molecule has 0 bridgehead atoms. The molecule has 147 heavy (non-hydrogen) atoms. The van der Waals surface area contributed by atoms with Gasteiger partial charge in [0.2, 0.25) is 0 Å². The molecule has 0 aliphatic carbocycles. The van der Waals surface area contributed by atoms with E-state index in [1.807, 2.05) is 172 Å². The highest BCUT2D eigenvalue weighted by Gasteiger charge is 2.44. The van der Waals surface area contributed by atoms with Crippen molar-refractivity contribution in [3.8, 4) is 44.8 Å². The molecule has 2 aromatic heterocycles. The minimum Gasteiger partial charge on any atom is -0.481 e. The minimum atomic E-state index is -3.71. The maximum absolute atomic E-state index is 14.9. The van der Waals surface area contributed by atoms with E-state index in [1.54, 1.807) is 57.1 Å². The number of aliphatic carboxylic acids is 1. The molecule has 27 nitrogen and oxygen atoms in total. The lowest BCUT2D eigenvalue weighted by Gasteiger charge is -2.37. The van der Waals surface area contributed by atoms with Gasteiger partial charge >= 0.3 is 21.0 Å². The lowest BCUT2D eigenvalue weighted by Crippen LogP contribution is -2.46. The van der Waals surface area contributed by atoms with Crippen LogP contribution in [0.3, 0.4) is 0 Å². The van der Waals surface area contributed by atoms with Crippen molar-refractivity contribution in [1.29, 1.82) is 0 Å². The van der Waals surface area contributed by atoms with E-state index in [2.05, 4.69) is 115 Å². The standard InChI is InChI=1S/C56H64ClN6O8PS2.C56H66ClN6O7PS2/c1-39(2)62-40(3)55(74(4,69)70)53(54(62)42-13-16-46(57)17-14-42)45-9-8-10-49(36-45)60-31-29-59(30-32-60)47-18-20-48(21-19-47)61-33-34-71-72(61,68)50-22-15-44(52(37-50)63(66)67)35-41(38-73-51-11-6-5-7-12-51)23-26-58-27-24-43(25-28-58)56(64)65;1-40(2)62-41(3)56(73(4,68)69)54(55(62)44-13-16-47(57)17-14-44)46-9-8-10-50(36-46)60-31-29-59(30-32-60)48-18-20-49(21-19-48)61-33-34-70-71(61,67)51-22-15-45(53(37-51)63(65)66)35-43(39-72-52-11-6-5-7-12-52)25-28-58-26-23-42(38-64)24-27-58/h5-22,36-37,39,41,43H,23-35,38H2,1-4H3,(H,64,65);5-22,36-37,40,42-43,64H,23-35,38-39H2,1-4H3/t41-,72-;43-,71+/m00/s1. The molecule has 18 rings (SSSR count). The van der Waals surface area contributed by atoms with Crippen LogP contribution in [0.15, 0.2) is 262 Å². The van der Waals surface area contributed by atoms with Crippen molar-refractivity contribution in [1.82, 2.24) is 18.9 Å². The molecule has 4 atom stereocenters. The molecule has 0 amide bonds. The van der Waals surface area contributed by atoms with E-state index in [0.29, 0.717) is 122 Å². The number of rotatable bonds is 36. The van der Waals surface area contributed by atoms with Crippen LogP contribution in [0.1, 0.15) is 101 Å². The number of carboxylic acid groups (broad SMARTS) is 1. The fraction of sp³-hybridized carbons (Fsp3) is 0.384. The molecule has 6 aliphatic heterocycles. The number of nitro groups is 2. The summed E-state index contributed by atoms with van der Waals surface area (Å²) in [5.41, 5.74) is 14.5. The number of halogens is 2. The third-order valence-electron chi connectivity index (χ3n) is 29.4. The second-order valence-corrected chi connectivity index (χ2v) is 51.4. The Bertz CT molecular complexity index is 7030. The molecule has 2 N–H and O–H groups in total. The summed E-state index contributed by atoms with van der Waals surface area (Å²) in [4.78, 5) is 53.4. The molecule has 776 valence electrons. The Kier molecular flexibility index (Phi) is 34.5. The zero-order valence-corrected chi connectivity index (χ0v) is 91.0. The van der Waals surface area contributed by atoms with E-state index >= 15 is 0 Å². The first-order chi connectivity index (χ1) is 70.6. The van der Waals surface area contributed by atoms with Crippen LogP contribution in [0.5, 0.6) is 0 Å². The molecule has 8 heterocycles. The zero-order valence-electron chi connectivity index (χ0n) is 84.4. The van der Waals surface area contributed by atoms with Gasteiger partial charge in [0.05, 0.1) is 73.9 Å². The van der Waals surface area contributed by atoms with E-state index in [4.69, 9.17) is 32.2 Å². The smallest absolute Gasteiger partial charge is 0.326 e. The predicted octanol–water partition coefficient (Wildman–Crippen LogP) is 22.9. The van der Waals surface area contributed by atoms with Gasteiger partial charge in [0.15, 0.2) is 19.7 Å². The number of aromatic nitrogens is 2. The number of anilines is 6. The molecule has 0 unspecified atom stereocenters. The second-order valence-electron chi connectivity index (χ2n) is 39.8. The first kappa shape index (κ1) is 108. The van der Waals surface area contributed by atoms with Gasteiger partial charge in [-0.15, -0.1) is 23.5 Å². The van der Waals surface area contributed by atoms with Crippen LogP contribution in [0, 0.1) is 57.7 Å². The number of piperazine rings is 2. The van der Waals surface area contributed by atoms with Gasteiger partial charge in [0, 0.05) is 195 Å². The van der Waals surface area contributed by atoms with E-state index in [9.17, 15) is 61.2 Å². The Balaban J connectivity index is 0.000000201. The molecule has 10 aromatic carbocycles. The first-order valence-electron chi connectivity index (χ1n) is 50.7. The summed E-state index contributed by atoms with van der Waals surface area (Å²) in [6.45, 7) is 24.3. The van der Waals surface area contributed by atoms with E-state index < -0.39 is 40.7 Å². The van der Waals surface area contributed by atoms with Crippen molar-refractivity contribution in [3.63, 3.8) is 0 Å². The Labute approximate surface area is 881 Å². The summed E-state index contributed by atoms with van der Waals surface area (Å²) in [7, 11) is -14.6. The van der Waals surface area contributed by atoms with Crippen molar-refractivity contribution in [2.75, 3.05) is 177 Å². The van der Waals surface area contributed by atoms with Crippen molar-refractivity contribution in [3.05, 3.63) is 295 Å². The van der Waals surface area contributed by atoms with E-state index in [0.717, 1.165) is 188 Å². The van der Waals surface area contributed by atoms with E-state index in [1.165, 1.54) is 24.6 Å². The molecule has 0 saturated carbocycles. The van der Waals surface area contributed by atoms with Crippen molar-refractivity contribution in [2.24, 2.45) is 23.7 Å². The Morgan fingerprint density at radius 3 is 1.14 bits per heavy atom. The van der Waals surface area contributed by atoms with Crippen molar-refractivity contribution >= 4 is 144 Å². The van der Waals surface area contributed by atoms with Crippen LogP contribution in [0.2, 0.25) is 10.0 Å². The fourth-order valence-electron chi connectivity index (χ4n) is 21.9. The van der Waals surface area contributed by atoms with Crippen LogP contribution in [0.4, 0.5) is 45.5 Å². The maximum atomic E-state index is 14.9. The number of aliphatic hydroxyl groups is 1. The number of benzene rings is 10. The number of aliphatic hydroxyl groups excluding tert-OH is 1. The number of nitro benzene ring substituents is 2. The number of carbonyl (C=O) groups is 1. The van der Waals surface area contributed by atoms with Gasteiger partial charge in [-0.3, -0.25) is 43.5 Å². The molecule has 0 radical (unpaired) electrons. The van der Waals surface area contributed by atoms with Crippen LogP contribution in [-0.2, 0) is 55.5 Å². The number of likely N-dealkylation sites (tertiary alicyclic amines) is 2. The molecule has 6 aliphatic rings. The number of hydrogen-bond donors (Lipinski definition) is 2. The minimum absolute atomic E-state index is 0.00212. The van der Waals surface area contributed by atoms with Gasteiger partial charge in [-0.25, -0.2) is 16.8 Å². The van der Waals surface area contributed by atoms with Crippen LogP contribution >= 0.6 is 61.8 Å². The van der Waals surface area contributed by atoms with Gasteiger partial charge in [-0.2, -0.15) is 0 Å². The van der Waals surface area contributed by atoms with Gasteiger partial charge in [-0.05, 0) is 306 Å². The topological polar surface area (TPSA) is 300 Å². The SMILES string of the molecule is Cc1c(S(C)(=O)=O)c(-c2cccc(N3CCN(c4ccc(N5CCO[P@@]5(=O)c5ccc(C[C@H](CCN6CCC(C(=O)O)CC6)CSc6ccccc6)c([N+](=O)[O-])c5)cc4)CC3)c2)c(-c2ccc(Cl)cc2)n1C(C)C.Cc1c(S(C)(=O)=O)c(-c2cccc(N3CCN(c4ccc(N5CCO[P@]5(=O)c5ccc(C[C@H](CCN6CCC(CO)CC6)CSc6ccccc6)c([N+](=O)[O-])c5)cc4)CC3)c2)c(-c2ccc(Cl)cc2)n1C(C)C. The Morgan fingerprint density at radius 2 is 0.796 bits per heavy atom. The van der Waals surface area contributed by atoms with E-state index in [-0.39, 0.29) is 76.2 Å². The Morgan fingerprint density at radius 1 is 0.442 bits per heavy atom. The number of carboxylic acids is 1. The average Bonchev–Trinajstić information content (AvgIpc) is 1.58. The summed E-state index contributed by atoms with van der Waals surface area (Å²) in [5, 5.41) is 46.5. The number of hydrogen-bond acceptors (Lipinski definition) is 22. The summed E-state index contributed by atoms with van der Waals surface area (Å²) in [6.07, 6.45) is 8.42. The first-order valence-corrected chi connectivity index (χ1v) is 60.3. The third-order valence-corrected chi connectivity index (χ3v) is 40.0. The summed E-state index contributed by atoms with van der Waals surface area (Å²) in [5.74, 6) is 1.12. The van der Waals surface area contributed by atoms with Gasteiger partial charge in [0.1, 0.15) is 0 Å². The zero-order chi connectivity index (χ0) is 104. The molecule has 35 heteroatoms. The maximum Gasteiger partial charge on any atom is 0.326 e. The highest BCUT2D eigenvalue weighted by Crippen LogP contribution is 2.59. The number of thioether (sulfide) groups is 2. The van der Waals surface area contributed by atoms with Crippen LogP contribution in [0.25, 0.3) is 44.8 Å². The van der Waals surface area contributed by atoms with Crippen molar-refractivity contribution in [2.45, 2.75) is 125 Å². The fourth-order valence-corrected chi connectivity index (χ4v) is 31.1. The summed E-state index contributed by atoms with van der Waals surface area (Å²) >= 11 is 16.1. The number of nitrogens with zero attached hydrogens (tertiary/aromatic N) is 12. The van der Waals surface area contributed by atoms with Gasteiger partial charge < -0.3 is 57.8 Å². The highest BCUT2D eigenvalue weighted by atomic mass is 35.5. The summed E-state index contributed by atoms with van der Waals surface area (Å²) < 4.78 is 104. The number of piperidine rings is 2. The number of sulfone groups is 2. The third kappa shape index (κ3) is 24.8. The second kappa shape index (κ2) is 47.2. The highest BCUT2D eigenvalue weighted by molar-refractivity contribution is 7.99. The van der Waals surface area contributed by atoms with Gasteiger partial charge in [0.25, 0.3) is 11.4 Å². The molecule has 12 aromatic rings. The quantitative estimate of drug-likeness (QED) is 0.0159. The lowest BCUT2D eigenvalue weighted by atomic mass is 9.94. The molecular weight excluding hydrogens is 2010 g/mol. The molecule has 6 saturated heterocycles. The average molecular weight is 2150 g/mol. The molecule has 6 fully saturated rings. The molecular formula is C112H130Cl2N12O15P2S4. The molecule has 0 spiro atoms. The Hall–Kier alpha value is -10.7. The normalized spacial score (nSPS) is 18.4. The van der Waals surface area contributed by atoms with Gasteiger partial charge in [-0.1, -0.05) is 120 Å². The van der Waals surface area contributed by atoms with Crippen LogP contribution in [-0.4, -0.2) is 210 Å². The summed E-state index contributed by atoms with van der Waals surface area (Å²) in [6, 6.07) is 77.6. The van der Waals surface area contributed by atoms with Crippen LogP contribution < -0.4 is 39.5 Å². The lowest BCUT2D eigenvalue weighted by molar-refractivity contribution is -0.385.